The average Bonchev–Trinajstić information content (AvgIpc) is 2.93. The van der Waals surface area contributed by atoms with E-state index in [2.05, 4.69) is 15.0 Å². The Kier molecular flexibility index (Phi) is 3.67. The minimum absolute atomic E-state index is 0.160. The molecule has 0 fully saturated rings. The van der Waals surface area contributed by atoms with Crippen LogP contribution in [0.15, 0.2) is 53.5 Å². The van der Waals surface area contributed by atoms with Crippen LogP contribution in [0.3, 0.4) is 0 Å². The van der Waals surface area contributed by atoms with E-state index in [4.69, 9.17) is 11.6 Å². The maximum atomic E-state index is 12.5. The number of aromatic amines is 1. The van der Waals surface area contributed by atoms with Crippen molar-refractivity contribution in [3.63, 3.8) is 0 Å². The predicted octanol–water partition coefficient (Wildman–Crippen LogP) is 4.68. The molecule has 0 saturated heterocycles. The number of nitrogens with one attached hydrogen (secondary N) is 1. The first-order chi connectivity index (χ1) is 11.6. The van der Waals surface area contributed by atoms with Gasteiger partial charge in [0.05, 0.1) is 5.52 Å². The van der Waals surface area contributed by atoms with Crippen molar-refractivity contribution in [2.75, 3.05) is 0 Å². The second kappa shape index (κ2) is 5.85. The van der Waals surface area contributed by atoms with Crippen LogP contribution >= 0.6 is 22.9 Å². The summed E-state index contributed by atoms with van der Waals surface area (Å²) in [5, 5.41) is 0.641. The summed E-state index contributed by atoms with van der Waals surface area (Å²) in [5.74, 6) is 0.458. The Morgan fingerprint density at radius 3 is 2.67 bits per heavy atom. The molecule has 4 nitrogen and oxygen atoms in total. The van der Waals surface area contributed by atoms with Crippen molar-refractivity contribution in [2.45, 2.75) is 6.92 Å². The molecule has 6 heteroatoms. The normalized spacial score (nSPS) is 11.1. The van der Waals surface area contributed by atoms with Crippen LogP contribution < -0.4 is 5.56 Å². The second-order valence-electron chi connectivity index (χ2n) is 5.32. The Balaban J connectivity index is 2.05. The van der Waals surface area contributed by atoms with Crippen molar-refractivity contribution in [3.8, 4) is 22.6 Å². The molecule has 0 spiro atoms. The highest BCUT2D eigenvalue weighted by atomic mass is 35.5. The highest BCUT2D eigenvalue weighted by Crippen LogP contribution is 2.39. The molecule has 0 amide bonds. The molecule has 0 aliphatic heterocycles. The first-order valence-electron chi connectivity index (χ1n) is 7.35. The Labute approximate surface area is 146 Å². The smallest absolute Gasteiger partial charge is 0.269 e. The third-order valence-electron chi connectivity index (χ3n) is 3.77. The van der Waals surface area contributed by atoms with Crippen molar-refractivity contribution in [3.05, 3.63) is 68.9 Å². The van der Waals surface area contributed by atoms with Crippen LogP contribution in [-0.4, -0.2) is 15.0 Å². The quantitative estimate of drug-likeness (QED) is 0.569. The van der Waals surface area contributed by atoms with E-state index in [1.54, 1.807) is 6.20 Å². The molecule has 0 atom stereocenters. The van der Waals surface area contributed by atoms with Crippen LogP contribution in [0.4, 0.5) is 0 Å². The molecule has 0 aliphatic rings. The zero-order valence-electron chi connectivity index (χ0n) is 12.7. The van der Waals surface area contributed by atoms with Gasteiger partial charge in [-0.2, -0.15) is 0 Å². The molecular formula is C18H12ClN3OS. The van der Waals surface area contributed by atoms with Crippen molar-refractivity contribution in [1.82, 2.24) is 15.0 Å². The molecule has 4 rings (SSSR count). The third-order valence-corrected chi connectivity index (χ3v) is 5.19. The van der Waals surface area contributed by atoms with Gasteiger partial charge in [-0.1, -0.05) is 35.9 Å². The van der Waals surface area contributed by atoms with E-state index in [1.807, 2.05) is 49.4 Å². The fourth-order valence-electron chi connectivity index (χ4n) is 2.70. The first kappa shape index (κ1) is 15.1. The summed E-state index contributed by atoms with van der Waals surface area (Å²) in [6.45, 7) is 1.98. The summed E-state index contributed by atoms with van der Waals surface area (Å²) in [4.78, 5) is 25.3. The number of H-pyrrole nitrogens is 1. The number of nitrogens with zero attached hydrogens (tertiary/aromatic N) is 2. The van der Waals surface area contributed by atoms with Crippen molar-refractivity contribution >= 4 is 33.2 Å². The summed E-state index contributed by atoms with van der Waals surface area (Å²) >= 11 is 7.79. The van der Waals surface area contributed by atoms with Gasteiger partial charge in [0.25, 0.3) is 5.56 Å². The van der Waals surface area contributed by atoms with E-state index < -0.39 is 0 Å². The van der Waals surface area contributed by atoms with Gasteiger partial charge in [0.2, 0.25) is 0 Å². The van der Waals surface area contributed by atoms with Gasteiger partial charge in [-0.05, 0) is 25.1 Å². The van der Waals surface area contributed by atoms with E-state index >= 15 is 0 Å². The van der Waals surface area contributed by atoms with Crippen LogP contribution in [-0.2, 0) is 0 Å². The largest absolute Gasteiger partial charge is 0.304 e. The molecule has 3 aromatic heterocycles. The number of hydrogen-bond acceptors (Lipinski definition) is 4. The van der Waals surface area contributed by atoms with Gasteiger partial charge < -0.3 is 4.98 Å². The number of fused-ring (bicyclic) bond motifs is 1. The number of halogens is 1. The van der Waals surface area contributed by atoms with Gasteiger partial charge in [0.15, 0.2) is 5.82 Å². The minimum atomic E-state index is -0.160. The monoisotopic (exact) mass is 353 g/mol. The van der Waals surface area contributed by atoms with Crippen LogP contribution in [0.5, 0.6) is 0 Å². The van der Waals surface area contributed by atoms with E-state index in [-0.39, 0.29) is 5.56 Å². The number of pyridine rings is 1. The van der Waals surface area contributed by atoms with Crippen molar-refractivity contribution in [1.29, 1.82) is 0 Å². The van der Waals surface area contributed by atoms with Crippen LogP contribution in [0.2, 0.25) is 5.02 Å². The maximum absolute atomic E-state index is 12.5. The van der Waals surface area contributed by atoms with E-state index in [0.717, 1.165) is 16.0 Å². The molecule has 0 aliphatic carbocycles. The van der Waals surface area contributed by atoms with E-state index in [1.165, 1.54) is 11.3 Å². The summed E-state index contributed by atoms with van der Waals surface area (Å²) < 4.78 is 0.599. The number of rotatable bonds is 2. The van der Waals surface area contributed by atoms with Gasteiger partial charge in [-0.15, -0.1) is 11.3 Å². The topological polar surface area (TPSA) is 58.6 Å². The molecule has 0 radical (unpaired) electrons. The molecule has 4 aromatic rings. The number of aromatic nitrogens is 3. The molecule has 0 unspecified atom stereocenters. The highest BCUT2D eigenvalue weighted by Gasteiger charge is 2.18. The Morgan fingerprint density at radius 1 is 1.12 bits per heavy atom. The lowest BCUT2D eigenvalue weighted by Crippen LogP contribution is -2.08. The SMILES string of the molecule is Cc1sc2c(=O)[nH]c(-c3ccccn3)nc2c1-c1ccccc1Cl. The number of thiophene rings is 1. The first-order valence-corrected chi connectivity index (χ1v) is 8.54. The van der Waals surface area contributed by atoms with Crippen LogP contribution in [0.25, 0.3) is 32.9 Å². The Bertz CT molecular complexity index is 1100. The average molecular weight is 354 g/mol. The summed E-state index contributed by atoms with van der Waals surface area (Å²) in [5.41, 5.74) is 2.92. The zero-order valence-corrected chi connectivity index (χ0v) is 14.3. The lowest BCUT2D eigenvalue weighted by Gasteiger charge is -2.05. The van der Waals surface area contributed by atoms with Crippen molar-refractivity contribution < 1.29 is 0 Å². The standard InChI is InChI=1S/C18H12ClN3OS/c1-10-14(11-6-2-3-7-12(11)19)15-16(24-10)18(23)22-17(21-15)13-8-4-5-9-20-13/h2-9H,1H3,(H,21,22,23). The third kappa shape index (κ3) is 2.42. The molecule has 3 heterocycles. The molecule has 0 saturated carbocycles. The van der Waals surface area contributed by atoms with Gasteiger partial charge in [-0.3, -0.25) is 9.78 Å². The lowest BCUT2D eigenvalue weighted by molar-refractivity contribution is 1.15. The molecule has 0 bridgehead atoms. The Hall–Kier alpha value is -2.50. The predicted molar refractivity (Wildman–Crippen MR) is 98.7 cm³/mol. The fourth-order valence-corrected chi connectivity index (χ4v) is 3.94. The van der Waals surface area contributed by atoms with Gasteiger partial charge in [-0.25, -0.2) is 4.98 Å². The number of aryl methyl sites for hydroxylation is 1. The van der Waals surface area contributed by atoms with Crippen molar-refractivity contribution in [2.24, 2.45) is 0 Å². The lowest BCUT2D eigenvalue weighted by atomic mass is 10.1. The molecule has 1 N–H and O–H groups in total. The van der Waals surface area contributed by atoms with Crippen LogP contribution in [0, 0.1) is 6.92 Å². The molecular weight excluding hydrogens is 342 g/mol. The highest BCUT2D eigenvalue weighted by molar-refractivity contribution is 7.19. The second-order valence-corrected chi connectivity index (χ2v) is 6.95. The molecule has 118 valence electrons. The number of benzene rings is 1. The van der Waals surface area contributed by atoms with Crippen LogP contribution in [0.1, 0.15) is 4.88 Å². The summed E-state index contributed by atoms with van der Waals surface area (Å²) in [6.07, 6.45) is 1.67. The van der Waals surface area contributed by atoms with Gasteiger partial charge >= 0.3 is 0 Å². The summed E-state index contributed by atoms with van der Waals surface area (Å²) in [7, 11) is 0. The van der Waals surface area contributed by atoms with E-state index in [9.17, 15) is 4.79 Å². The fraction of sp³-hybridized carbons (Fsp3) is 0.0556. The van der Waals surface area contributed by atoms with E-state index in [0.29, 0.717) is 26.8 Å². The van der Waals surface area contributed by atoms with Gasteiger partial charge in [0, 0.05) is 27.2 Å². The Morgan fingerprint density at radius 2 is 1.92 bits per heavy atom. The number of hydrogen-bond donors (Lipinski definition) is 1. The molecule has 24 heavy (non-hydrogen) atoms. The summed E-state index contributed by atoms with van der Waals surface area (Å²) in [6, 6.07) is 13.1. The minimum Gasteiger partial charge on any atom is -0.304 e. The maximum Gasteiger partial charge on any atom is 0.269 e. The van der Waals surface area contributed by atoms with Gasteiger partial charge in [0.1, 0.15) is 10.4 Å². The molecule has 1 aromatic carbocycles. The zero-order chi connectivity index (χ0) is 16.7.